The van der Waals surface area contributed by atoms with Gasteiger partial charge in [-0.2, -0.15) is 0 Å². The number of hydrogen-bond acceptors (Lipinski definition) is 4. The predicted molar refractivity (Wildman–Crippen MR) is 29.5 cm³/mol. The molecule has 0 aromatic heterocycles. The third-order valence-corrected chi connectivity index (χ3v) is 1.12. The molecule has 0 rings (SSSR count). The first-order valence-electron chi connectivity index (χ1n) is 2.37. The second-order valence-electron chi connectivity index (χ2n) is 1.79. The molecule has 54 valence electrons. The highest BCUT2D eigenvalue weighted by Crippen LogP contribution is 2.06. The van der Waals surface area contributed by atoms with Gasteiger partial charge in [-0.15, -0.1) is 0 Å². The molecular weight excluding hydrogens is 126 g/mol. The van der Waals surface area contributed by atoms with Crippen LogP contribution in [-0.4, -0.2) is 29.5 Å². The Balaban J connectivity index is 4.09. The van der Waals surface area contributed by atoms with Crippen LogP contribution in [0.1, 0.15) is 6.92 Å². The summed E-state index contributed by atoms with van der Waals surface area (Å²) in [6.45, 7) is 0.587. The summed E-state index contributed by atoms with van der Waals surface area (Å²) in [5.41, 5.74) is -1.64. The molecule has 0 aliphatic heterocycles. The standard InChI is InChI=1S/C4H9NO4/c1-4(3-6,9-2)5(7)8/h6H,3H2,1-2H3. The zero-order valence-electron chi connectivity index (χ0n) is 5.33. The monoisotopic (exact) mass is 135 g/mol. The molecule has 0 heterocycles. The lowest BCUT2D eigenvalue weighted by Gasteiger charge is -2.14. The highest BCUT2D eigenvalue weighted by atomic mass is 16.7. The summed E-state index contributed by atoms with van der Waals surface area (Å²) in [7, 11) is 1.18. The second kappa shape index (κ2) is 2.75. The fourth-order valence-electron chi connectivity index (χ4n) is 0.197. The van der Waals surface area contributed by atoms with Crippen LogP contribution in [0.3, 0.4) is 0 Å². The highest BCUT2D eigenvalue weighted by molar-refractivity contribution is 4.55. The molecule has 0 radical (unpaired) electrons. The highest BCUT2D eigenvalue weighted by Gasteiger charge is 2.35. The maximum Gasteiger partial charge on any atom is 0.344 e. The molecule has 0 aromatic rings. The molecule has 0 aliphatic rings. The van der Waals surface area contributed by atoms with Gasteiger partial charge in [-0.3, -0.25) is 10.1 Å². The molecule has 0 aliphatic carbocycles. The van der Waals surface area contributed by atoms with Crippen molar-refractivity contribution in [2.24, 2.45) is 0 Å². The zero-order valence-corrected chi connectivity index (χ0v) is 5.33. The fourth-order valence-corrected chi connectivity index (χ4v) is 0.197. The van der Waals surface area contributed by atoms with E-state index in [0.29, 0.717) is 0 Å². The number of aliphatic hydroxyl groups excluding tert-OH is 1. The number of methoxy groups -OCH3 is 1. The molecule has 0 saturated heterocycles. The SMILES string of the molecule is COC(C)(CO)[N+](=O)[O-]. The van der Waals surface area contributed by atoms with Gasteiger partial charge in [0.2, 0.25) is 0 Å². The van der Waals surface area contributed by atoms with Crippen molar-refractivity contribution in [3.63, 3.8) is 0 Å². The smallest absolute Gasteiger partial charge is 0.344 e. The van der Waals surface area contributed by atoms with Gasteiger partial charge in [0.1, 0.15) is 6.61 Å². The number of rotatable bonds is 3. The van der Waals surface area contributed by atoms with Crippen molar-refractivity contribution in [1.29, 1.82) is 0 Å². The van der Waals surface area contributed by atoms with Gasteiger partial charge in [-0.05, 0) is 0 Å². The van der Waals surface area contributed by atoms with Crippen LogP contribution in [0.2, 0.25) is 0 Å². The summed E-state index contributed by atoms with van der Waals surface area (Å²) in [4.78, 5) is 9.33. The van der Waals surface area contributed by atoms with E-state index in [1.54, 1.807) is 0 Å². The summed E-state index contributed by atoms with van der Waals surface area (Å²) < 4.78 is 4.40. The van der Waals surface area contributed by atoms with E-state index in [0.717, 1.165) is 0 Å². The van der Waals surface area contributed by atoms with Crippen LogP contribution in [0.25, 0.3) is 0 Å². The van der Waals surface area contributed by atoms with Crippen molar-refractivity contribution in [2.75, 3.05) is 13.7 Å². The summed E-state index contributed by atoms with van der Waals surface area (Å²) in [6, 6.07) is 0. The van der Waals surface area contributed by atoms with Gasteiger partial charge >= 0.3 is 5.72 Å². The first-order chi connectivity index (χ1) is 4.06. The lowest BCUT2D eigenvalue weighted by Crippen LogP contribution is -2.40. The third-order valence-electron chi connectivity index (χ3n) is 1.12. The predicted octanol–water partition coefficient (Wildman–Crippen LogP) is -0.382. The molecule has 1 atom stereocenters. The molecule has 5 heteroatoms. The van der Waals surface area contributed by atoms with Gasteiger partial charge in [0.15, 0.2) is 0 Å². The lowest BCUT2D eigenvalue weighted by molar-refractivity contribution is -0.625. The molecule has 0 saturated carbocycles. The summed E-state index contributed by atoms with van der Waals surface area (Å²) >= 11 is 0. The number of nitrogens with zero attached hydrogens (tertiary/aromatic N) is 1. The number of aliphatic hydroxyl groups is 1. The quantitative estimate of drug-likeness (QED) is 0.325. The normalized spacial score (nSPS) is 16.8. The molecule has 5 nitrogen and oxygen atoms in total. The van der Waals surface area contributed by atoms with Crippen LogP contribution in [0.5, 0.6) is 0 Å². The summed E-state index contributed by atoms with van der Waals surface area (Å²) in [5, 5.41) is 18.4. The van der Waals surface area contributed by atoms with Crippen molar-refractivity contribution in [3.8, 4) is 0 Å². The maximum atomic E-state index is 10.0. The van der Waals surface area contributed by atoms with E-state index in [1.165, 1.54) is 14.0 Å². The van der Waals surface area contributed by atoms with Crippen LogP contribution in [0.15, 0.2) is 0 Å². The fraction of sp³-hybridized carbons (Fsp3) is 1.00. The molecule has 1 N–H and O–H groups in total. The Labute approximate surface area is 52.4 Å². The summed E-state index contributed by atoms with van der Waals surface area (Å²) in [6.07, 6.45) is 0. The zero-order chi connectivity index (χ0) is 7.49. The molecular formula is C4H9NO4. The molecule has 0 spiro atoms. The van der Waals surface area contributed by atoms with Crippen LogP contribution < -0.4 is 0 Å². The van der Waals surface area contributed by atoms with E-state index in [9.17, 15) is 10.1 Å². The third kappa shape index (κ3) is 1.62. The Morgan fingerprint density at radius 2 is 2.33 bits per heavy atom. The minimum Gasteiger partial charge on any atom is -0.386 e. The van der Waals surface area contributed by atoms with E-state index in [4.69, 9.17) is 5.11 Å². The van der Waals surface area contributed by atoms with Crippen molar-refractivity contribution in [1.82, 2.24) is 0 Å². The molecule has 0 aromatic carbocycles. The van der Waals surface area contributed by atoms with Gasteiger partial charge < -0.3 is 9.84 Å². The van der Waals surface area contributed by atoms with Crippen molar-refractivity contribution in [2.45, 2.75) is 12.6 Å². The first kappa shape index (κ1) is 8.32. The van der Waals surface area contributed by atoms with Crippen LogP contribution in [0, 0.1) is 10.1 Å². The molecule has 0 amide bonds. The summed E-state index contributed by atoms with van der Waals surface area (Å²) in [5.74, 6) is 0. The van der Waals surface area contributed by atoms with Crippen molar-refractivity contribution >= 4 is 0 Å². The van der Waals surface area contributed by atoms with Gasteiger partial charge in [-0.25, -0.2) is 0 Å². The van der Waals surface area contributed by atoms with Gasteiger partial charge in [0.25, 0.3) is 0 Å². The Morgan fingerprint density at radius 3 is 2.33 bits per heavy atom. The van der Waals surface area contributed by atoms with Crippen LogP contribution in [0.4, 0.5) is 0 Å². The van der Waals surface area contributed by atoms with Gasteiger partial charge in [-0.1, -0.05) is 0 Å². The van der Waals surface area contributed by atoms with Gasteiger partial charge in [0, 0.05) is 14.0 Å². The number of nitro groups is 1. The van der Waals surface area contributed by atoms with Crippen molar-refractivity contribution < 1.29 is 14.8 Å². The van der Waals surface area contributed by atoms with Crippen molar-refractivity contribution in [3.05, 3.63) is 10.1 Å². The van der Waals surface area contributed by atoms with Crippen LogP contribution >= 0.6 is 0 Å². The van der Waals surface area contributed by atoms with E-state index >= 15 is 0 Å². The largest absolute Gasteiger partial charge is 0.386 e. The Bertz CT molecular complexity index is 109. The van der Waals surface area contributed by atoms with Gasteiger partial charge in [0.05, 0.1) is 4.92 Å². The Morgan fingerprint density at radius 1 is 1.89 bits per heavy atom. The minimum atomic E-state index is -1.64. The Kier molecular flexibility index (Phi) is 2.54. The average molecular weight is 135 g/mol. The first-order valence-corrected chi connectivity index (χ1v) is 2.37. The molecule has 9 heavy (non-hydrogen) atoms. The lowest BCUT2D eigenvalue weighted by atomic mass is 10.3. The van der Waals surface area contributed by atoms with E-state index in [2.05, 4.69) is 4.74 Å². The number of ether oxygens (including phenoxy) is 1. The molecule has 0 fully saturated rings. The second-order valence-corrected chi connectivity index (χ2v) is 1.79. The average Bonchev–Trinajstić information content (AvgIpc) is 1.86. The molecule has 1 unspecified atom stereocenters. The van der Waals surface area contributed by atoms with Crippen LogP contribution in [-0.2, 0) is 4.74 Å². The number of hydrogen-bond donors (Lipinski definition) is 1. The molecule has 0 bridgehead atoms. The maximum absolute atomic E-state index is 10.0. The van der Waals surface area contributed by atoms with E-state index in [-0.39, 0.29) is 0 Å². The Hall–Kier alpha value is -0.680. The van der Waals surface area contributed by atoms with E-state index < -0.39 is 17.3 Å². The minimum absolute atomic E-state index is 0.615. The van der Waals surface area contributed by atoms with E-state index in [1.807, 2.05) is 0 Å². The topological polar surface area (TPSA) is 72.6 Å².